The van der Waals surface area contributed by atoms with E-state index in [4.69, 9.17) is 16.9 Å². The Hall–Kier alpha value is -1.60. The lowest BCUT2D eigenvalue weighted by Gasteiger charge is -2.10. The minimum absolute atomic E-state index is 0.188. The molecule has 90 valence electrons. The normalized spacial score (nSPS) is 11.7. The molecule has 0 spiro atoms. The number of benzene rings is 1. The van der Waals surface area contributed by atoms with Crippen LogP contribution < -0.4 is 5.32 Å². The second-order valence-electron chi connectivity index (χ2n) is 3.66. The van der Waals surface area contributed by atoms with Gasteiger partial charge in [-0.1, -0.05) is 18.5 Å². The van der Waals surface area contributed by atoms with Crippen molar-refractivity contribution >= 4 is 23.2 Å². The van der Waals surface area contributed by atoms with E-state index < -0.39 is 17.6 Å². The first-order chi connectivity index (χ1) is 7.99. The molecular weight excluding hydrogens is 243 g/mol. The van der Waals surface area contributed by atoms with Gasteiger partial charge in [0.2, 0.25) is 5.91 Å². The van der Waals surface area contributed by atoms with Crippen LogP contribution in [0, 0.1) is 30.0 Å². The molecule has 1 aromatic rings. The molecule has 0 fully saturated rings. The number of halogens is 2. The van der Waals surface area contributed by atoms with Crippen LogP contribution >= 0.6 is 11.6 Å². The fourth-order valence-electron chi connectivity index (χ4n) is 1.30. The number of hydrogen-bond donors (Lipinski definition) is 1. The van der Waals surface area contributed by atoms with Crippen LogP contribution in [-0.2, 0) is 4.79 Å². The minimum atomic E-state index is -0.754. The van der Waals surface area contributed by atoms with Gasteiger partial charge in [-0.05, 0) is 31.0 Å². The Balaban J connectivity index is 2.93. The summed E-state index contributed by atoms with van der Waals surface area (Å²) in [6.07, 6.45) is 0.397. The van der Waals surface area contributed by atoms with Gasteiger partial charge in [0.25, 0.3) is 0 Å². The third-order valence-electron chi connectivity index (χ3n) is 2.39. The highest BCUT2D eigenvalue weighted by Gasteiger charge is 2.17. The second kappa shape index (κ2) is 5.65. The van der Waals surface area contributed by atoms with Gasteiger partial charge in [0.15, 0.2) is 0 Å². The molecule has 0 saturated carbocycles. The Morgan fingerprint density at radius 2 is 2.29 bits per heavy atom. The lowest BCUT2D eigenvalue weighted by atomic mass is 10.1. The van der Waals surface area contributed by atoms with Gasteiger partial charge in [-0.3, -0.25) is 4.79 Å². The van der Waals surface area contributed by atoms with Crippen molar-refractivity contribution < 1.29 is 9.18 Å². The minimum Gasteiger partial charge on any atom is -0.324 e. The van der Waals surface area contributed by atoms with Crippen molar-refractivity contribution in [3.05, 3.63) is 28.5 Å². The summed E-state index contributed by atoms with van der Waals surface area (Å²) >= 11 is 5.87. The molecule has 1 rings (SSSR count). The summed E-state index contributed by atoms with van der Waals surface area (Å²) in [5.74, 6) is -1.68. The zero-order valence-corrected chi connectivity index (χ0v) is 10.3. The lowest BCUT2D eigenvalue weighted by molar-refractivity contribution is -0.118. The fraction of sp³-hybridized carbons (Fsp3) is 0.333. The van der Waals surface area contributed by atoms with E-state index in [9.17, 15) is 9.18 Å². The van der Waals surface area contributed by atoms with Gasteiger partial charge in [0.1, 0.15) is 11.7 Å². The summed E-state index contributed by atoms with van der Waals surface area (Å²) in [6, 6.07) is 4.45. The van der Waals surface area contributed by atoms with Gasteiger partial charge in [0.05, 0.1) is 16.8 Å². The summed E-state index contributed by atoms with van der Waals surface area (Å²) in [4.78, 5) is 11.6. The number of rotatable bonds is 3. The SMILES string of the molecule is CCC(C#N)C(=O)Nc1cc(F)c(C)cc1Cl. The van der Waals surface area contributed by atoms with Crippen LogP contribution in [0.4, 0.5) is 10.1 Å². The monoisotopic (exact) mass is 254 g/mol. The van der Waals surface area contributed by atoms with Crippen molar-refractivity contribution in [2.75, 3.05) is 5.32 Å². The molecule has 1 unspecified atom stereocenters. The summed E-state index contributed by atoms with van der Waals surface area (Å²) < 4.78 is 13.3. The maximum Gasteiger partial charge on any atom is 0.241 e. The molecule has 0 aromatic heterocycles. The number of aryl methyl sites for hydroxylation is 1. The molecule has 1 atom stereocenters. The highest BCUT2D eigenvalue weighted by atomic mass is 35.5. The molecule has 0 radical (unpaired) electrons. The zero-order chi connectivity index (χ0) is 13.0. The second-order valence-corrected chi connectivity index (χ2v) is 4.07. The standard InChI is InChI=1S/C12H12ClFN2O/c1-3-8(6-15)12(17)16-11-5-10(14)7(2)4-9(11)13/h4-5,8H,3H2,1-2H3,(H,16,17). The van der Waals surface area contributed by atoms with Crippen LogP contribution in [0.5, 0.6) is 0 Å². The molecule has 1 aromatic carbocycles. The van der Waals surface area contributed by atoms with Crippen LogP contribution in [0.25, 0.3) is 0 Å². The molecule has 0 aliphatic heterocycles. The van der Waals surface area contributed by atoms with Crippen molar-refractivity contribution in [2.45, 2.75) is 20.3 Å². The molecule has 0 aliphatic rings. The average molecular weight is 255 g/mol. The quantitative estimate of drug-likeness (QED) is 0.900. The molecule has 1 amide bonds. The molecular formula is C12H12ClFN2O. The number of carbonyl (C=O) groups is 1. The smallest absolute Gasteiger partial charge is 0.241 e. The van der Waals surface area contributed by atoms with Crippen molar-refractivity contribution in [3.63, 3.8) is 0 Å². The number of carbonyl (C=O) groups excluding carboxylic acids is 1. The van der Waals surface area contributed by atoms with Crippen LogP contribution in [0.3, 0.4) is 0 Å². The largest absolute Gasteiger partial charge is 0.324 e. The van der Waals surface area contributed by atoms with Gasteiger partial charge >= 0.3 is 0 Å². The van der Waals surface area contributed by atoms with E-state index in [1.54, 1.807) is 13.8 Å². The summed E-state index contributed by atoms with van der Waals surface area (Å²) in [7, 11) is 0. The molecule has 3 nitrogen and oxygen atoms in total. The Labute approximate surface area is 104 Å². The molecule has 1 N–H and O–H groups in total. The number of nitriles is 1. The van der Waals surface area contributed by atoms with Gasteiger partial charge in [0, 0.05) is 0 Å². The fourth-order valence-corrected chi connectivity index (χ4v) is 1.56. The van der Waals surface area contributed by atoms with Crippen molar-refractivity contribution in [3.8, 4) is 6.07 Å². The molecule has 0 aliphatic carbocycles. The number of amides is 1. The van der Waals surface area contributed by atoms with Gasteiger partial charge < -0.3 is 5.32 Å². The molecule has 0 saturated heterocycles. The zero-order valence-electron chi connectivity index (χ0n) is 9.55. The van der Waals surface area contributed by atoms with Gasteiger partial charge in [-0.2, -0.15) is 5.26 Å². The van der Waals surface area contributed by atoms with Crippen molar-refractivity contribution in [1.29, 1.82) is 5.26 Å². The van der Waals surface area contributed by atoms with Gasteiger partial charge in [-0.15, -0.1) is 0 Å². The topological polar surface area (TPSA) is 52.9 Å². The van der Waals surface area contributed by atoms with Crippen LogP contribution in [0.1, 0.15) is 18.9 Å². The lowest BCUT2D eigenvalue weighted by Crippen LogP contribution is -2.21. The predicted octanol–water partition coefficient (Wildman–Crippen LogP) is 3.28. The maximum atomic E-state index is 13.3. The molecule has 17 heavy (non-hydrogen) atoms. The Morgan fingerprint density at radius 3 is 2.82 bits per heavy atom. The number of hydrogen-bond acceptors (Lipinski definition) is 2. The summed E-state index contributed by atoms with van der Waals surface area (Å²) in [5.41, 5.74) is 0.591. The first-order valence-electron chi connectivity index (χ1n) is 5.15. The summed E-state index contributed by atoms with van der Waals surface area (Å²) in [6.45, 7) is 3.31. The highest BCUT2D eigenvalue weighted by molar-refractivity contribution is 6.33. The highest BCUT2D eigenvalue weighted by Crippen LogP contribution is 2.25. The molecule has 5 heteroatoms. The first kappa shape index (κ1) is 13.5. The van der Waals surface area contributed by atoms with Crippen LogP contribution in [-0.4, -0.2) is 5.91 Å². The van der Waals surface area contributed by atoms with Crippen LogP contribution in [0.2, 0.25) is 5.02 Å². The summed E-state index contributed by atoms with van der Waals surface area (Å²) in [5, 5.41) is 11.4. The first-order valence-corrected chi connectivity index (χ1v) is 5.53. The number of nitrogens with one attached hydrogen (secondary N) is 1. The van der Waals surface area contributed by atoms with E-state index in [1.165, 1.54) is 6.07 Å². The Kier molecular flexibility index (Phi) is 4.47. The third kappa shape index (κ3) is 3.18. The third-order valence-corrected chi connectivity index (χ3v) is 2.70. The number of nitrogens with zero attached hydrogens (tertiary/aromatic N) is 1. The Bertz CT molecular complexity index is 482. The molecule has 0 bridgehead atoms. The van der Waals surface area contributed by atoms with Crippen molar-refractivity contribution in [2.24, 2.45) is 5.92 Å². The van der Waals surface area contributed by atoms with E-state index in [-0.39, 0.29) is 10.7 Å². The van der Waals surface area contributed by atoms with Crippen LogP contribution in [0.15, 0.2) is 12.1 Å². The van der Waals surface area contributed by atoms with E-state index in [0.717, 1.165) is 6.07 Å². The van der Waals surface area contributed by atoms with E-state index >= 15 is 0 Å². The Morgan fingerprint density at radius 1 is 1.65 bits per heavy atom. The molecule has 0 heterocycles. The van der Waals surface area contributed by atoms with Crippen molar-refractivity contribution in [1.82, 2.24) is 0 Å². The van der Waals surface area contributed by atoms with Gasteiger partial charge in [-0.25, -0.2) is 4.39 Å². The van der Waals surface area contributed by atoms with E-state index in [2.05, 4.69) is 5.32 Å². The van der Waals surface area contributed by atoms with E-state index in [1.807, 2.05) is 6.07 Å². The predicted molar refractivity (Wildman–Crippen MR) is 64.2 cm³/mol. The maximum absolute atomic E-state index is 13.3. The van der Waals surface area contributed by atoms with E-state index in [0.29, 0.717) is 12.0 Å². The average Bonchev–Trinajstić information content (AvgIpc) is 2.27. The number of anilines is 1.